The van der Waals surface area contributed by atoms with Crippen LogP contribution in [0.3, 0.4) is 0 Å². The predicted molar refractivity (Wildman–Crippen MR) is 32.3 cm³/mol. The van der Waals surface area contributed by atoms with Gasteiger partial charge < -0.3 is 0 Å². The summed E-state index contributed by atoms with van der Waals surface area (Å²) in [5.41, 5.74) is 0. The SMILES string of the molecule is FC(F)(Br)C(=S)Cl. The van der Waals surface area contributed by atoms with Gasteiger partial charge in [0.1, 0.15) is 0 Å². The molecule has 0 saturated carbocycles. The van der Waals surface area contributed by atoms with Crippen molar-refractivity contribution in [3.8, 4) is 0 Å². The van der Waals surface area contributed by atoms with E-state index in [1.165, 1.54) is 0 Å². The molecule has 0 aromatic heterocycles. The molecule has 42 valence electrons. The van der Waals surface area contributed by atoms with E-state index in [-0.39, 0.29) is 0 Å². The maximum absolute atomic E-state index is 11.5. The van der Waals surface area contributed by atoms with Crippen LogP contribution in [0.15, 0.2) is 0 Å². The fraction of sp³-hybridized carbons (Fsp3) is 0.500. The van der Waals surface area contributed by atoms with Crippen molar-refractivity contribution in [2.45, 2.75) is 4.83 Å². The van der Waals surface area contributed by atoms with Crippen molar-refractivity contribution in [2.24, 2.45) is 0 Å². The number of hydrogen-bond acceptors (Lipinski definition) is 1. The Morgan fingerprint density at radius 3 is 1.86 bits per heavy atom. The lowest BCUT2D eigenvalue weighted by Crippen LogP contribution is -2.11. The predicted octanol–water partition coefficient (Wildman–Crippen LogP) is 2.54. The average Bonchev–Trinajstić information content (AvgIpc) is 1.31. The summed E-state index contributed by atoms with van der Waals surface area (Å²) in [7, 11) is 0. The van der Waals surface area contributed by atoms with Crippen LogP contribution in [0.25, 0.3) is 0 Å². The summed E-state index contributed by atoms with van der Waals surface area (Å²) in [5.74, 6) is 0. The molecule has 0 aromatic carbocycles. The second-order valence-corrected chi connectivity index (χ2v) is 2.78. The van der Waals surface area contributed by atoms with Crippen LogP contribution in [-0.4, -0.2) is 9.16 Å². The van der Waals surface area contributed by atoms with Gasteiger partial charge in [0.2, 0.25) is 0 Å². The van der Waals surface area contributed by atoms with E-state index in [2.05, 4.69) is 23.8 Å². The zero-order valence-corrected chi connectivity index (χ0v) is 6.08. The van der Waals surface area contributed by atoms with Crippen molar-refractivity contribution >= 4 is 44.1 Å². The smallest absolute Gasteiger partial charge is 0.186 e. The van der Waals surface area contributed by atoms with E-state index in [0.717, 1.165) is 0 Å². The largest absolute Gasteiger partial charge is 0.346 e. The topological polar surface area (TPSA) is 0 Å². The molecule has 0 radical (unpaired) electrons. The number of thiocarbonyl (C=S) groups is 1. The lowest BCUT2D eigenvalue weighted by molar-refractivity contribution is 0.200. The molecule has 0 spiro atoms. The van der Waals surface area contributed by atoms with E-state index in [0.29, 0.717) is 0 Å². The monoisotopic (exact) mass is 208 g/mol. The van der Waals surface area contributed by atoms with Gasteiger partial charge in [-0.3, -0.25) is 0 Å². The van der Waals surface area contributed by atoms with E-state index in [1.54, 1.807) is 0 Å². The van der Waals surface area contributed by atoms with Crippen molar-refractivity contribution in [1.82, 2.24) is 0 Å². The Bertz CT molecular complexity index is 88.2. The summed E-state index contributed by atoms with van der Waals surface area (Å²) in [6.45, 7) is 0. The maximum atomic E-state index is 11.5. The molecule has 0 aliphatic rings. The van der Waals surface area contributed by atoms with E-state index >= 15 is 0 Å². The first-order chi connectivity index (χ1) is 2.94. The third-order valence-electron chi connectivity index (χ3n) is 0.223. The molecule has 0 N–H and O–H groups in total. The number of halogens is 4. The van der Waals surface area contributed by atoms with Crippen LogP contribution in [0.2, 0.25) is 0 Å². The molecule has 5 heteroatoms. The van der Waals surface area contributed by atoms with E-state index in [4.69, 9.17) is 0 Å². The molecule has 0 rings (SSSR count). The van der Waals surface area contributed by atoms with Gasteiger partial charge in [0.25, 0.3) is 0 Å². The Balaban J connectivity index is 3.79. The summed E-state index contributed by atoms with van der Waals surface area (Å²) >= 11 is 10.5. The van der Waals surface area contributed by atoms with Crippen LogP contribution >= 0.6 is 39.7 Å². The molecule has 0 bridgehead atoms. The molecule has 0 amide bonds. The van der Waals surface area contributed by atoms with Crippen LogP contribution in [0.5, 0.6) is 0 Å². The molecule has 0 aliphatic heterocycles. The highest BCUT2D eigenvalue weighted by molar-refractivity contribution is 9.10. The Hall–Kier alpha value is 0.720. The van der Waals surface area contributed by atoms with Gasteiger partial charge in [0, 0.05) is 0 Å². The van der Waals surface area contributed by atoms with Gasteiger partial charge in [-0.05, 0) is 15.9 Å². The quantitative estimate of drug-likeness (QED) is 0.363. The Morgan fingerprint density at radius 2 is 1.86 bits per heavy atom. The van der Waals surface area contributed by atoms with Crippen molar-refractivity contribution < 1.29 is 8.78 Å². The van der Waals surface area contributed by atoms with Crippen molar-refractivity contribution in [3.05, 3.63) is 0 Å². The number of hydrogen-bond donors (Lipinski definition) is 0. The van der Waals surface area contributed by atoms with Gasteiger partial charge in [-0.2, -0.15) is 8.78 Å². The molecule has 0 nitrogen and oxygen atoms in total. The van der Waals surface area contributed by atoms with Gasteiger partial charge in [-0.15, -0.1) is 0 Å². The minimum Gasteiger partial charge on any atom is -0.186 e. The number of rotatable bonds is 1. The Labute approximate surface area is 58.0 Å². The standard InChI is InChI=1S/C2BrClF2S/c3-2(5,6)1(4)7. The average molecular weight is 209 g/mol. The Kier molecular flexibility index (Phi) is 2.57. The van der Waals surface area contributed by atoms with Gasteiger partial charge in [-0.1, -0.05) is 23.8 Å². The van der Waals surface area contributed by atoms with Crippen LogP contribution in [0.4, 0.5) is 8.78 Å². The summed E-state index contributed by atoms with van der Waals surface area (Å²) < 4.78 is 22.1. The summed E-state index contributed by atoms with van der Waals surface area (Å²) in [5, 5.41) is 0. The summed E-state index contributed by atoms with van der Waals surface area (Å²) in [6, 6.07) is 0. The highest BCUT2D eigenvalue weighted by atomic mass is 79.9. The van der Waals surface area contributed by atoms with Crippen molar-refractivity contribution in [1.29, 1.82) is 0 Å². The van der Waals surface area contributed by atoms with Crippen LogP contribution in [0, 0.1) is 0 Å². The molecule has 0 fully saturated rings. The van der Waals surface area contributed by atoms with E-state index < -0.39 is 9.16 Å². The van der Waals surface area contributed by atoms with Gasteiger partial charge >= 0.3 is 4.83 Å². The highest BCUT2D eigenvalue weighted by Crippen LogP contribution is 2.25. The lowest BCUT2D eigenvalue weighted by Gasteiger charge is -1.99. The van der Waals surface area contributed by atoms with Gasteiger partial charge in [0.05, 0.1) is 0 Å². The molecular formula is C2BrClF2S. The number of alkyl halides is 3. The molecule has 0 saturated heterocycles. The normalized spacial score (nSPS) is 11.4. The molecule has 0 aliphatic carbocycles. The summed E-state index contributed by atoms with van der Waals surface area (Å²) in [6.07, 6.45) is 0. The highest BCUT2D eigenvalue weighted by Gasteiger charge is 2.28. The third-order valence-corrected chi connectivity index (χ3v) is 1.60. The van der Waals surface area contributed by atoms with E-state index in [9.17, 15) is 8.78 Å². The van der Waals surface area contributed by atoms with E-state index in [1.807, 2.05) is 15.9 Å². The fourth-order valence-electron chi connectivity index (χ4n) is 0. The molecule has 0 atom stereocenters. The lowest BCUT2D eigenvalue weighted by atomic mass is 10.8. The van der Waals surface area contributed by atoms with Crippen LogP contribution in [-0.2, 0) is 0 Å². The second-order valence-electron chi connectivity index (χ2n) is 0.771. The van der Waals surface area contributed by atoms with Crippen LogP contribution < -0.4 is 0 Å². The van der Waals surface area contributed by atoms with Crippen molar-refractivity contribution in [3.63, 3.8) is 0 Å². The zero-order chi connectivity index (χ0) is 6.08. The first kappa shape index (κ1) is 7.72. The first-order valence-corrected chi connectivity index (χ1v) is 2.79. The molecule has 0 aromatic rings. The van der Waals surface area contributed by atoms with Crippen molar-refractivity contribution in [2.75, 3.05) is 0 Å². The minimum absolute atomic E-state index is 0.868. The van der Waals surface area contributed by atoms with Gasteiger partial charge in [-0.25, -0.2) is 0 Å². The zero-order valence-electron chi connectivity index (χ0n) is 2.92. The molecule has 0 heterocycles. The second kappa shape index (κ2) is 2.33. The van der Waals surface area contributed by atoms with Crippen LogP contribution in [0.1, 0.15) is 0 Å². The maximum Gasteiger partial charge on any atom is 0.346 e. The minimum atomic E-state index is -3.19. The Morgan fingerprint density at radius 1 is 1.71 bits per heavy atom. The third kappa shape index (κ3) is 3.32. The molecular weight excluding hydrogens is 209 g/mol. The fourth-order valence-corrected chi connectivity index (χ4v) is 0. The first-order valence-electron chi connectivity index (χ1n) is 1.21. The van der Waals surface area contributed by atoms with Gasteiger partial charge in [0.15, 0.2) is 4.32 Å². The molecule has 0 unspecified atom stereocenters. The molecule has 7 heavy (non-hydrogen) atoms. The summed E-state index contributed by atoms with van der Waals surface area (Å²) in [4.78, 5) is -3.19.